The largest absolute Gasteiger partial charge is 0.487 e. The molecule has 3 nitrogen and oxygen atoms in total. The van der Waals surface area contributed by atoms with Crippen LogP contribution in [-0.4, -0.2) is 11.3 Å². The maximum Gasteiger partial charge on any atom is 0.416 e. The first kappa shape index (κ1) is 17.2. The lowest BCUT2D eigenvalue weighted by molar-refractivity contribution is -0.137. The van der Waals surface area contributed by atoms with E-state index in [1.807, 2.05) is 12.1 Å². The summed E-state index contributed by atoms with van der Waals surface area (Å²) in [5.41, 5.74) is 0.0665. The van der Waals surface area contributed by atoms with E-state index in [4.69, 9.17) is 16.3 Å². The number of aldehydes is 1. The molecule has 0 aliphatic heterocycles. The van der Waals surface area contributed by atoms with Gasteiger partial charge in [0.25, 0.3) is 0 Å². The standard InChI is InChI=1S/C18H11ClF3NO2/c19-15-3-1-2-11-4-6-14(23-17(11)15)10-25-16-7-5-13(18(20,21)22)8-12(16)9-24/h1-9H,10H2. The van der Waals surface area contributed by atoms with Crippen LogP contribution in [0.3, 0.4) is 0 Å². The SMILES string of the molecule is O=Cc1cc(C(F)(F)F)ccc1OCc1ccc2cccc(Cl)c2n1. The average Bonchev–Trinajstić information content (AvgIpc) is 2.59. The van der Waals surface area contributed by atoms with E-state index >= 15 is 0 Å². The van der Waals surface area contributed by atoms with E-state index < -0.39 is 11.7 Å². The zero-order valence-electron chi connectivity index (χ0n) is 12.7. The summed E-state index contributed by atoms with van der Waals surface area (Å²) in [5.74, 6) is 0.0593. The fourth-order valence-electron chi connectivity index (χ4n) is 2.33. The minimum atomic E-state index is -4.52. The summed E-state index contributed by atoms with van der Waals surface area (Å²) in [4.78, 5) is 15.4. The summed E-state index contributed by atoms with van der Waals surface area (Å²) < 4.78 is 43.5. The topological polar surface area (TPSA) is 39.2 Å². The van der Waals surface area contributed by atoms with Crippen LogP contribution in [-0.2, 0) is 12.8 Å². The van der Waals surface area contributed by atoms with Gasteiger partial charge in [0.05, 0.1) is 27.4 Å². The number of alkyl halides is 3. The Hall–Kier alpha value is -2.60. The number of fused-ring (bicyclic) bond motifs is 1. The van der Waals surface area contributed by atoms with Gasteiger partial charge in [-0.1, -0.05) is 29.8 Å². The number of hydrogen-bond acceptors (Lipinski definition) is 3. The molecule has 0 aliphatic rings. The third-order valence-electron chi connectivity index (χ3n) is 3.57. The Bertz CT molecular complexity index is 941. The highest BCUT2D eigenvalue weighted by Gasteiger charge is 2.31. The molecule has 0 saturated carbocycles. The van der Waals surface area contributed by atoms with Gasteiger partial charge >= 0.3 is 6.18 Å². The number of para-hydroxylation sites is 1. The molecule has 0 bridgehead atoms. The second-order valence-electron chi connectivity index (χ2n) is 5.27. The molecule has 1 heterocycles. The van der Waals surface area contributed by atoms with Crippen LogP contribution >= 0.6 is 11.6 Å². The number of hydrogen-bond donors (Lipinski definition) is 0. The quantitative estimate of drug-likeness (QED) is 0.589. The van der Waals surface area contributed by atoms with E-state index in [9.17, 15) is 18.0 Å². The summed E-state index contributed by atoms with van der Waals surface area (Å²) in [6, 6.07) is 11.7. The molecular weight excluding hydrogens is 355 g/mol. The molecule has 0 radical (unpaired) electrons. The highest BCUT2D eigenvalue weighted by atomic mass is 35.5. The third-order valence-corrected chi connectivity index (χ3v) is 3.87. The van der Waals surface area contributed by atoms with Gasteiger partial charge in [0.2, 0.25) is 0 Å². The molecule has 7 heteroatoms. The first-order chi connectivity index (χ1) is 11.9. The number of carbonyl (C=O) groups excluding carboxylic acids is 1. The smallest absolute Gasteiger partial charge is 0.416 e. The molecule has 2 aromatic carbocycles. The number of aromatic nitrogens is 1. The van der Waals surface area contributed by atoms with Gasteiger partial charge in [-0.2, -0.15) is 13.2 Å². The van der Waals surface area contributed by atoms with E-state index in [0.29, 0.717) is 22.5 Å². The first-order valence-corrected chi connectivity index (χ1v) is 7.59. The predicted molar refractivity (Wildman–Crippen MR) is 87.9 cm³/mol. The maximum absolute atomic E-state index is 12.7. The van der Waals surface area contributed by atoms with Crippen molar-refractivity contribution in [1.82, 2.24) is 4.98 Å². The second-order valence-corrected chi connectivity index (χ2v) is 5.68. The Balaban J connectivity index is 1.84. The third kappa shape index (κ3) is 3.74. The fourth-order valence-corrected chi connectivity index (χ4v) is 2.56. The van der Waals surface area contributed by atoms with Gasteiger partial charge < -0.3 is 4.74 Å². The van der Waals surface area contributed by atoms with Crippen molar-refractivity contribution >= 4 is 28.8 Å². The molecule has 0 aliphatic carbocycles. The Morgan fingerprint density at radius 1 is 1.12 bits per heavy atom. The molecule has 1 aromatic heterocycles. The Labute approximate surface area is 146 Å². The number of nitrogens with zero attached hydrogens (tertiary/aromatic N) is 1. The summed E-state index contributed by atoms with van der Waals surface area (Å²) in [7, 11) is 0. The van der Waals surface area contributed by atoms with E-state index in [2.05, 4.69) is 4.98 Å². The monoisotopic (exact) mass is 365 g/mol. The normalized spacial score (nSPS) is 11.5. The highest BCUT2D eigenvalue weighted by molar-refractivity contribution is 6.35. The van der Waals surface area contributed by atoms with Crippen molar-refractivity contribution in [2.45, 2.75) is 12.8 Å². The van der Waals surface area contributed by atoms with Gasteiger partial charge in [-0.05, 0) is 30.3 Å². The molecule has 3 aromatic rings. The van der Waals surface area contributed by atoms with Gasteiger partial charge in [-0.3, -0.25) is 4.79 Å². The van der Waals surface area contributed by atoms with E-state index in [1.54, 1.807) is 18.2 Å². The van der Waals surface area contributed by atoms with Crippen molar-refractivity contribution in [2.75, 3.05) is 0 Å². The Kier molecular flexibility index (Phi) is 4.63. The molecule has 3 rings (SSSR count). The van der Waals surface area contributed by atoms with Crippen LogP contribution in [0.4, 0.5) is 13.2 Å². The van der Waals surface area contributed by atoms with Crippen LogP contribution in [0.25, 0.3) is 10.9 Å². The van der Waals surface area contributed by atoms with Crippen LogP contribution < -0.4 is 4.74 Å². The second kappa shape index (κ2) is 6.72. The molecule has 25 heavy (non-hydrogen) atoms. The number of benzene rings is 2. The highest BCUT2D eigenvalue weighted by Crippen LogP contribution is 2.32. The molecule has 0 saturated heterocycles. The van der Waals surface area contributed by atoms with Crippen molar-refractivity contribution < 1.29 is 22.7 Å². The van der Waals surface area contributed by atoms with Crippen LogP contribution in [0, 0.1) is 0 Å². The summed E-state index contributed by atoms with van der Waals surface area (Å²) in [5, 5.41) is 1.35. The fraction of sp³-hybridized carbons (Fsp3) is 0.111. The predicted octanol–water partition coefficient (Wildman–Crippen LogP) is 5.30. The molecule has 0 fully saturated rings. The lowest BCUT2D eigenvalue weighted by Crippen LogP contribution is -2.07. The van der Waals surface area contributed by atoms with Gasteiger partial charge in [0.15, 0.2) is 6.29 Å². The zero-order valence-corrected chi connectivity index (χ0v) is 13.4. The minimum absolute atomic E-state index is 0.00658. The van der Waals surface area contributed by atoms with Crippen molar-refractivity contribution in [3.05, 3.63) is 70.4 Å². The zero-order chi connectivity index (χ0) is 18.0. The van der Waals surface area contributed by atoms with E-state index in [1.165, 1.54) is 0 Å². The Morgan fingerprint density at radius 3 is 2.64 bits per heavy atom. The lowest BCUT2D eigenvalue weighted by Gasteiger charge is -2.12. The maximum atomic E-state index is 12.7. The van der Waals surface area contributed by atoms with E-state index in [0.717, 1.165) is 23.6 Å². The summed E-state index contributed by atoms with van der Waals surface area (Å²) >= 11 is 6.10. The molecule has 0 unspecified atom stereocenters. The van der Waals surface area contributed by atoms with Crippen LogP contribution in [0.1, 0.15) is 21.6 Å². The van der Waals surface area contributed by atoms with Crippen molar-refractivity contribution in [3.63, 3.8) is 0 Å². The van der Waals surface area contributed by atoms with Gasteiger partial charge in [0, 0.05) is 5.39 Å². The molecule has 0 spiro atoms. The summed E-state index contributed by atoms with van der Waals surface area (Å²) in [6.07, 6.45) is -4.19. The van der Waals surface area contributed by atoms with Crippen LogP contribution in [0.2, 0.25) is 5.02 Å². The van der Waals surface area contributed by atoms with Gasteiger partial charge in [0.1, 0.15) is 12.4 Å². The molecule has 0 atom stereocenters. The molecular formula is C18H11ClF3NO2. The number of halogens is 4. The first-order valence-electron chi connectivity index (χ1n) is 7.22. The minimum Gasteiger partial charge on any atom is -0.487 e. The lowest BCUT2D eigenvalue weighted by atomic mass is 10.1. The van der Waals surface area contributed by atoms with Gasteiger partial charge in [-0.15, -0.1) is 0 Å². The summed E-state index contributed by atoms with van der Waals surface area (Å²) in [6.45, 7) is -0.00658. The van der Waals surface area contributed by atoms with Crippen molar-refractivity contribution in [3.8, 4) is 5.75 Å². The van der Waals surface area contributed by atoms with Crippen LogP contribution in [0.15, 0.2) is 48.5 Å². The van der Waals surface area contributed by atoms with E-state index in [-0.39, 0.29) is 17.9 Å². The number of ether oxygens (including phenoxy) is 1. The Morgan fingerprint density at radius 2 is 1.92 bits per heavy atom. The number of carbonyl (C=O) groups is 1. The van der Waals surface area contributed by atoms with Crippen LogP contribution in [0.5, 0.6) is 5.75 Å². The molecule has 128 valence electrons. The average molecular weight is 366 g/mol. The van der Waals surface area contributed by atoms with Crippen molar-refractivity contribution in [1.29, 1.82) is 0 Å². The molecule has 0 amide bonds. The van der Waals surface area contributed by atoms with Crippen molar-refractivity contribution in [2.24, 2.45) is 0 Å². The van der Waals surface area contributed by atoms with Gasteiger partial charge in [-0.25, -0.2) is 4.98 Å². The molecule has 0 N–H and O–H groups in total. The number of pyridine rings is 1. The number of rotatable bonds is 4.